The van der Waals surface area contributed by atoms with E-state index in [-0.39, 0.29) is 12.3 Å². The highest BCUT2D eigenvalue weighted by Gasteiger charge is 2.12. The number of aryl methyl sites for hydroxylation is 2. The van der Waals surface area contributed by atoms with Crippen molar-refractivity contribution in [3.8, 4) is 17.2 Å². The summed E-state index contributed by atoms with van der Waals surface area (Å²) in [6.07, 6.45) is 0. The molecule has 1 amide bonds. The average molecular weight is 471 g/mol. The minimum atomic E-state index is -0.527. The molecule has 0 aliphatic carbocycles. The molecule has 3 aromatic rings. The zero-order chi connectivity index (χ0) is 21.7. The van der Waals surface area contributed by atoms with Crippen LogP contribution in [0.5, 0.6) is 17.2 Å². The van der Waals surface area contributed by atoms with Gasteiger partial charge in [-0.1, -0.05) is 6.07 Å². The summed E-state index contributed by atoms with van der Waals surface area (Å²) >= 11 is 3.26. The number of carbonyl (C=O) groups excluding carboxylic acids is 1. The summed E-state index contributed by atoms with van der Waals surface area (Å²) in [4.78, 5) is 22.5. The van der Waals surface area contributed by atoms with Gasteiger partial charge in [0.1, 0.15) is 17.2 Å². The standard InChI is InChI=1S/C22H19BrN2O5/c1-14-9-15(2)11-19(10-14)30-18-6-4-17(5-7-18)29-13-22(26)24-21-12-16(25(27)28)3-8-20(21)23/h3-12H,13H2,1-2H3,(H,24,26). The number of benzene rings is 3. The molecule has 7 nitrogen and oxygen atoms in total. The molecule has 0 saturated heterocycles. The molecule has 0 heterocycles. The van der Waals surface area contributed by atoms with Crippen molar-refractivity contribution in [3.05, 3.63) is 86.4 Å². The minimum absolute atomic E-state index is 0.117. The number of hydrogen-bond donors (Lipinski definition) is 1. The number of anilines is 1. The molecule has 8 heteroatoms. The maximum absolute atomic E-state index is 12.1. The number of hydrogen-bond acceptors (Lipinski definition) is 5. The molecule has 0 fully saturated rings. The molecule has 0 spiro atoms. The Bertz CT molecular complexity index is 1060. The number of carbonyl (C=O) groups is 1. The second-order valence-corrected chi connectivity index (χ2v) is 7.51. The Balaban J connectivity index is 1.56. The first kappa shape index (κ1) is 21.3. The first-order valence-electron chi connectivity index (χ1n) is 9.03. The van der Waals surface area contributed by atoms with E-state index in [4.69, 9.17) is 9.47 Å². The van der Waals surface area contributed by atoms with Gasteiger partial charge < -0.3 is 14.8 Å². The zero-order valence-corrected chi connectivity index (χ0v) is 17.9. The van der Waals surface area contributed by atoms with Crippen LogP contribution in [0.3, 0.4) is 0 Å². The van der Waals surface area contributed by atoms with Crippen molar-refractivity contribution in [2.45, 2.75) is 13.8 Å². The minimum Gasteiger partial charge on any atom is -0.484 e. The maximum atomic E-state index is 12.1. The fourth-order valence-corrected chi connectivity index (χ4v) is 3.14. The summed E-state index contributed by atoms with van der Waals surface area (Å²) in [5, 5.41) is 13.5. The Morgan fingerprint density at radius 3 is 2.23 bits per heavy atom. The number of rotatable bonds is 7. The van der Waals surface area contributed by atoms with E-state index in [0.717, 1.165) is 16.9 Å². The van der Waals surface area contributed by atoms with E-state index in [1.165, 1.54) is 18.2 Å². The molecular weight excluding hydrogens is 452 g/mol. The van der Waals surface area contributed by atoms with Gasteiger partial charge in [-0.2, -0.15) is 0 Å². The van der Waals surface area contributed by atoms with Gasteiger partial charge in [0, 0.05) is 16.6 Å². The summed E-state index contributed by atoms with van der Waals surface area (Å²) in [5.41, 5.74) is 2.42. The fourth-order valence-electron chi connectivity index (χ4n) is 2.79. The van der Waals surface area contributed by atoms with Gasteiger partial charge in [0.15, 0.2) is 6.61 Å². The second-order valence-electron chi connectivity index (χ2n) is 6.65. The van der Waals surface area contributed by atoms with Crippen molar-refractivity contribution in [1.82, 2.24) is 0 Å². The molecule has 0 atom stereocenters. The van der Waals surface area contributed by atoms with Gasteiger partial charge in [-0.05, 0) is 83.4 Å². The number of amides is 1. The highest BCUT2D eigenvalue weighted by molar-refractivity contribution is 9.10. The molecule has 3 aromatic carbocycles. The summed E-state index contributed by atoms with van der Waals surface area (Å²) in [6, 6.07) is 17.0. The maximum Gasteiger partial charge on any atom is 0.271 e. The monoisotopic (exact) mass is 470 g/mol. The molecule has 0 aliphatic heterocycles. The van der Waals surface area contributed by atoms with Crippen molar-refractivity contribution >= 4 is 33.2 Å². The third-order valence-electron chi connectivity index (χ3n) is 4.06. The van der Waals surface area contributed by atoms with Crippen molar-refractivity contribution in [2.75, 3.05) is 11.9 Å². The van der Waals surface area contributed by atoms with Crippen molar-refractivity contribution in [3.63, 3.8) is 0 Å². The van der Waals surface area contributed by atoms with Gasteiger partial charge in [-0.15, -0.1) is 0 Å². The van der Waals surface area contributed by atoms with Crippen LogP contribution in [0.1, 0.15) is 11.1 Å². The zero-order valence-electron chi connectivity index (χ0n) is 16.3. The highest BCUT2D eigenvalue weighted by Crippen LogP contribution is 2.28. The quantitative estimate of drug-likeness (QED) is 0.348. The molecular formula is C22H19BrN2O5. The van der Waals surface area contributed by atoms with E-state index >= 15 is 0 Å². The largest absolute Gasteiger partial charge is 0.484 e. The van der Waals surface area contributed by atoms with Crippen LogP contribution in [0.25, 0.3) is 0 Å². The number of nitro benzene ring substituents is 1. The SMILES string of the molecule is Cc1cc(C)cc(Oc2ccc(OCC(=O)Nc3cc([N+](=O)[O-])ccc3Br)cc2)c1. The molecule has 0 bridgehead atoms. The number of nitrogens with zero attached hydrogens (tertiary/aromatic N) is 1. The van der Waals surface area contributed by atoms with Crippen LogP contribution in [0.15, 0.2) is 65.1 Å². The second kappa shape index (κ2) is 9.41. The third-order valence-corrected chi connectivity index (χ3v) is 4.75. The predicted molar refractivity (Wildman–Crippen MR) is 117 cm³/mol. The summed E-state index contributed by atoms with van der Waals surface area (Å²) < 4.78 is 11.9. The number of nitrogens with one attached hydrogen (secondary N) is 1. The molecule has 3 rings (SSSR count). The van der Waals surface area contributed by atoms with E-state index in [1.807, 2.05) is 26.0 Å². The number of nitro groups is 1. The van der Waals surface area contributed by atoms with Crippen LogP contribution in [0.4, 0.5) is 11.4 Å². The molecule has 30 heavy (non-hydrogen) atoms. The highest BCUT2D eigenvalue weighted by atomic mass is 79.9. The number of halogens is 1. The van der Waals surface area contributed by atoms with E-state index in [1.54, 1.807) is 24.3 Å². The van der Waals surface area contributed by atoms with Crippen LogP contribution in [-0.2, 0) is 4.79 Å². The molecule has 0 radical (unpaired) electrons. The number of ether oxygens (including phenoxy) is 2. The first-order chi connectivity index (χ1) is 14.3. The van der Waals surface area contributed by atoms with Crippen LogP contribution in [0.2, 0.25) is 0 Å². The summed E-state index contributed by atoms with van der Waals surface area (Å²) in [7, 11) is 0. The Hall–Kier alpha value is -3.39. The van der Waals surface area contributed by atoms with Crippen molar-refractivity contribution < 1.29 is 19.2 Å². The van der Waals surface area contributed by atoms with Crippen molar-refractivity contribution in [1.29, 1.82) is 0 Å². The topological polar surface area (TPSA) is 90.7 Å². The van der Waals surface area contributed by atoms with E-state index in [9.17, 15) is 14.9 Å². The number of non-ortho nitro benzene ring substituents is 1. The fraction of sp³-hybridized carbons (Fsp3) is 0.136. The lowest BCUT2D eigenvalue weighted by molar-refractivity contribution is -0.384. The lowest BCUT2D eigenvalue weighted by atomic mass is 10.1. The Morgan fingerprint density at radius 1 is 0.967 bits per heavy atom. The van der Waals surface area contributed by atoms with E-state index in [2.05, 4.69) is 27.3 Å². The molecule has 0 aromatic heterocycles. The lowest BCUT2D eigenvalue weighted by Gasteiger charge is -2.10. The Morgan fingerprint density at radius 2 is 1.60 bits per heavy atom. The van der Waals surface area contributed by atoms with Gasteiger partial charge >= 0.3 is 0 Å². The first-order valence-corrected chi connectivity index (χ1v) is 9.82. The van der Waals surface area contributed by atoms with Crippen LogP contribution in [0, 0.1) is 24.0 Å². The molecule has 0 saturated carbocycles. The van der Waals surface area contributed by atoms with Crippen LogP contribution >= 0.6 is 15.9 Å². The molecule has 1 N–H and O–H groups in total. The van der Waals surface area contributed by atoms with E-state index in [0.29, 0.717) is 21.7 Å². The molecule has 0 unspecified atom stereocenters. The average Bonchev–Trinajstić information content (AvgIpc) is 2.68. The van der Waals surface area contributed by atoms with Gasteiger partial charge in [0.2, 0.25) is 0 Å². The normalized spacial score (nSPS) is 10.4. The molecule has 154 valence electrons. The Kier molecular flexibility index (Phi) is 6.68. The summed E-state index contributed by atoms with van der Waals surface area (Å²) in [5.74, 6) is 1.46. The summed E-state index contributed by atoms with van der Waals surface area (Å²) in [6.45, 7) is 3.77. The predicted octanol–water partition coefficient (Wildman–Crippen LogP) is 5.78. The van der Waals surface area contributed by atoms with Gasteiger partial charge in [-0.25, -0.2) is 0 Å². The molecule has 0 aliphatic rings. The smallest absolute Gasteiger partial charge is 0.271 e. The van der Waals surface area contributed by atoms with Crippen LogP contribution in [-0.4, -0.2) is 17.4 Å². The van der Waals surface area contributed by atoms with Gasteiger partial charge in [0.25, 0.3) is 11.6 Å². The lowest BCUT2D eigenvalue weighted by Crippen LogP contribution is -2.20. The van der Waals surface area contributed by atoms with Gasteiger partial charge in [0.05, 0.1) is 10.6 Å². The van der Waals surface area contributed by atoms with Crippen molar-refractivity contribution in [2.24, 2.45) is 0 Å². The third kappa shape index (κ3) is 5.81. The van der Waals surface area contributed by atoms with Gasteiger partial charge in [-0.3, -0.25) is 14.9 Å². The van der Waals surface area contributed by atoms with E-state index < -0.39 is 10.8 Å². The Labute approximate surface area is 181 Å². The van der Waals surface area contributed by atoms with Crippen LogP contribution < -0.4 is 14.8 Å².